The van der Waals surface area contributed by atoms with E-state index in [9.17, 15) is 0 Å². The van der Waals surface area contributed by atoms with E-state index in [1.54, 1.807) is 6.20 Å². The van der Waals surface area contributed by atoms with Gasteiger partial charge in [0, 0.05) is 0 Å². The van der Waals surface area contributed by atoms with Gasteiger partial charge < -0.3 is 0 Å². The van der Waals surface area contributed by atoms with Crippen molar-refractivity contribution in [3.63, 3.8) is 0 Å². The number of aromatic nitrogens is 3. The maximum atomic E-state index is 6.02. The van der Waals surface area contributed by atoms with Gasteiger partial charge in [0.2, 0.25) is 0 Å². The van der Waals surface area contributed by atoms with Gasteiger partial charge in [-0.3, -0.25) is 0 Å². The van der Waals surface area contributed by atoms with Gasteiger partial charge in [-0.05, 0) is 0 Å². The zero-order valence-electron chi connectivity index (χ0n) is 7.75. The molecule has 0 spiro atoms. The average molecular weight is 324 g/mol. The van der Waals surface area contributed by atoms with Crippen molar-refractivity contribution in [2.24, 2.45) is 0 Å². The van der Waals surface area contributed by atoms with E-state index in [4.69, 9.17) is 17.3 Å². The second-order valence-corrected chi connectivity index (χ2v) is 5.28. The molecule has 0 aliphatic heterocycles. The number of fused-ring (bicyclic) bond motifs is 1. The van der Waals surface area contributed by atoms with Crippen LogP contribution in [0.1, 0.15) is 5.82 Å². The topological polar surface area (TPSA) is 56.2 Å². The molecule has 0 atom stereocenters. The summed E-state index contributed by atoms with van der Waals surface area (Å²) < 4.78 is 2.90. The number of hydrogen-bond acceptors (Lipinski definition) is 3. The van der Waals surface area contributed by atoms with Crippen LogP contribution in [0.25, 0.3) is 5.52 Å². The molecule has 2 aromatic heterocycles. The number of rotatable bonds is 1. The third-order valence-corrected chi connectivity index (χ3v) is 3.99. The summed E-state index contributed by atoms with van der Waals surface area (Å²) in [5.41, 5.74) is 6.68. The molecule has 4 nitrogen and oxygen atoms in total. The molecule has 0 saturated heterocycles. The Hall–Kier alpha value is -0.560. The van der Waals surface area contributed by atoms with Crippen LogP contribution in [-0.4, -0.2) is 19.3 Å². The van der Waals surface area contributed by atoms with E-state index in [2.05, 4.69) is 14.9 Å². The van der Waals surface area contributed by atoms with Crippen molar-refractivity contribution in [3.05, 3.63) is 20.9 Å². The van der Waals surface area contributed by atoms with Gasteiger partial charge in [-0.1, -0.05) is 0 Å². The molecule has 0 fully saturated rings. The van der Waals surface area contributed by atoms with E-state index in [1.165, 1.54) is 0 Å². The van der Waals surface area contributed by atoms with Crippen molar-refractivity contribution < 1.29 is 21.2 Å². The molecule has 0 unspecified atom stereocenters. The second-order valence-electron chi connectivity index (χ2n) is 2.79. The Morgan fingerprint density at radius 3 is 2.93 bits per heavy atom. The Labute approximate surface area is 96.7 Å². The first-order valence-electron chi connectivity index (χ1n) is 3.93. The normalized spacial score (nSPS) is 11.4. The fourth-order valence-corrected chi connectivity index (χ4v) is 3.23. The van der Waals surface area contributed by atoms with Crippen LogP contribution in [0, 0.1) is 10.6 Å². The van der Waals surface area contributed by atoms with E-state index in [0.717, 1.165) is 15.0 Å². The summed E-state index contributed by atoms with van der Waals surface area (Å²) in [7, 11) is 0. The second kappa shape index (κ2) is 3.54. The van der Waals surface area contributed by atoms with Crippen LogP contribution >= 0.6 is 11.6 Å². The average Bonchev–Trinajstić information content (AvgIpc) is 2.50. The fourth-order valence-electron chi connectivity index (χ4n) is 1.35. The molecule has 0 aromatic carbocycles. The molecule has 2 aromatic rings. The molecule has 2 N–H and O–H groups in total. The van der Waals surface area contributed by atoms with Gasteiger partial charge in [0.1, 0.15) is 0 Å². The van der Waals surface area contributed by atoms with Crippen molar-refractivity contribution in [3.8, 4) is 0 Å². The Morgan fingerprint density at radius 1 is 1.57 bits per heavy atom. The Balaban J connectivity index is 2.94. The van der Waals surface area contributed by atoms with Crippen LogP contribution in [0.3, 0.4) is 0 Å². The summed E-state index contributed by atoms with van der Waals surface area (Å²) in [4.78, 5) is 10.6. The molecule has 0 aliphatic carbocycles. The van der Waals surface area contributed by atoms with Crippen LogP contribution in [0.4, 0.5) is 5.82 Å². The molecular weight excluding hydrogens is 314 g/mol. The molecule has 0 radical (unpaired) electrons. The molecule has 0 amide bonds. The monoisotopic (exact) mass is 323 g/mol. The minimum absolute atomic E-state index is 0.112. The number of nitrogens with two attached hydrogens (primary N) is 1. The van der Waals surface area contributed by atoms with Crippen molar-refractivity contribution >= 4 is 22.9 Å². The predicted molar refractivity (Wildman–Crippen MR) is 51.8 cm³/mol. The van der Waals surface area contributed by atoms with Crippen LogP contribution in [0.5, 0.6) is 0 Å². The summed E-state index contributed by atoms with van der Waals surface area (Å²) in [6.07, 6.45) is 1.55. The zero-order valence-corrected chi connectivity index (χ0v) is 10.7. The molecule has 2 rings (SSSR count). The third kappa shape index (κ3) is 1.35. The summed E-state index contributed by atoms with van der Waals surface area (Å²) in [6.45, 7) is 1.92. The zero-order chi connectivity index (χ0) is 10.3. The van der Waals surface area contributed by atoms with Crippen molar-refractivity contribution in [2.75, 3.05) is 10.7 Å². The third-order valence-electron chi connectivity index (χ3n) is 1.95. The van der Waals surface area contributed by atoms with E-state index in [0.29, 0.717) is 11.0 Å². The summed E-state index contributed by atoms with van der Waals surface area (Å²) in [5, 5.41) is 0.558. The molecule has 0 aliphatic rings. The molecule has 6 heteroatoms. The number of hydrogen-bond donors (Lipinski definition) is 1. The van der Waals surface area contributed by atoms with Crippen molar-refractivity contribution in [1.29, 1.82) is 0 Å². The molecule has 0 bridgehead atoms. The first kappa shape index (κ1) is 9.97. The number of alkyl halides is 1. The standard InChI is InChI=1S/C8H9ClIN4/c1-4-13-7(10-2)6-8(11)12-3-5(9)14(4)6/h3H,1-2H3,(H2,11,12)/q-1. The van der Waals surface area contributed by atoms with Gasteiger partial charge >= 0.3 is 97.0 Å². The number of nitrogen functional groups attached to an aromatic ring is 1. The van der Waals surface area contributed by atoms with Crippen LogP contribution in [0.15, 0.2) is 6.20 Å². The van der Waals surface area contributed by atoms with Gasteiger partial charge in [-0.2, -0.15) is 0 Å². The van der Waals surface area contributed by atoms with E-state index in [-0.39, 0.29) is 21.2 Å². The molecule has 2 heterocycles. The van der Waals surface area contributed by atoms with Crippen molar-refractivity contribution in [2.45, 2.75) is 6.92 Å². The van der Waals surface area contributed by atoms with E-state index >= 15 is 0 Å². The molecule has 76 valence electrons. The minimum atomic E-state index is -0.112. The Kier molecular flexibility index (Phi) is 2.52. The molecule has 0 saturated carbocycles. The quantitative estimate of drug-likeness (QED) is 0.496. The van der Waals surface area contributed by atoms with E-state index < -0.39 is 0 Å². The summed E-state index contributed by atoms with van der Waals surface area (Å²) >= 11 is 5.91. The SMILES string of the molecule is C[I-]c1nc(C)n2c(Cl)cnc(N)c12. The Bertz CT molecular complexity index is 494. The van der Waals surface area contributed by atoms with Gasteiger partial charge in [0.25, 0.3) is 0 Å². The van der Waals surface area contributed by atoms with Gasteiger partial charge in [-0.25, -0.2) is 0 Å². The number of anilines is 1. The number of imidazole rings is 1. The van der Waals surface area contributed by atoms with Crippen LogP contribution in [-0.2, 0) is 0 Å². The van der Waals surface area contributed by atoms with Gasteiger partial charge in [0.05, 0.1) is 0 Å². The summed E-state index contributed by atoms with van der Waals surface area (Å²) in [6, 6.07) is 0. The molecular formula is C8H9ClIN4-. The van der Waals surface area contributed by atoms with Gasteiger partial charge in [0.15, 0.2) is 0 Å². The predicted octanol–water partition coefficient (Wildman–Crippen LogP) is -1.84. The fraction of sp³-hybridized carbons (Fsp3) is 0.250. The number of halogens is 2. The van der Waals surface area contributed by atoms with Crippen molar-refractivity contribution in [1.82, 2.24) is 14.4 Å². The van der Waals surface area contributed by atoms with E-state index in [1.807, 2.05) is 11.3 Å². The molecule has 14 heavy (non-hydrogen) atoms. The Morgan fingerprint density at radius 2 is 2.29 bits per heavy atom. The number of nitrogens with zero attached hydrogens (tertiary/aromatic N) is 3. The number of aryl methyl sites for hydroxylation is 1. The van der Waals surface area contributed by atoms with Crippen LogP contribution < -0.4 is 26.9 Å². The maximum absolute atomic E-state index is 6.02. The first-order valence-corrected chi connectivity index (χ1v) is 7.55. The summed E-state index contributed by atoms with van der Waals surface area (Å²) in [5.74, 6) is 1.38. The van der Waals surface area contributed by atoms with Gasteiger partial charge in [-0.15, -0.1) is 0 Å². The van der Waals surface area contributed by atoms with Crippen LogP contribution in [0.2, 0.25) is 5.15 Å². The first-order chi connectivity index (χ1) is 6.65.